The van der Waals surface area contributed by atoms with E-state index in [0.29, 0.717) is 0 Å². The van der Waals surface area contributed by atoms with Crippen LogP contribution >= 0.6 is 0 Å². The van der Waals surface area contributed by atoms with Gasteiger partial charge in [-0.3, -0.25) is 0 Å². The van der Waals surface area contributed by atoms with E-state index in [2.05, 4.69) is 22.2 Å². The Morgan fingerprint density at radius 3 is 2.72 bits per heavy atom. The highest BCUT2D eigenvalue weighted by molar-refractivity contribution is 5.34. The van der Waals surface area contributed by atoms with Crippen LogP contribution in [-0.4, -0.2) is 51.2 Å². The van der Waals surface area contributed by atoms with Crippen molar-refractivity contribution in [3.8, 4) is 0 Å². The molecule has 1 N–H and O–H groups in total. The zero-order chi connectivity index (χ0) is 12.8. The highest BCUT2D eigenvalue weighted by Crippen LogP contribution is 2.16. The molecule has 1 aliphatic heterocycles. The summed E-state index contributed by atoms with van der Waals surface area (Å²) < 4.78 is 5.60. The monoisotopic (exact) mass is 251 g/mol. The Bertz CT molecular complexity index is 345. The fourth-order valence-corrected chi connectivity index (χ4v) is 2.36. The number of aryl methyl sites for hydroxylation is 1. The average molecular weight is 251 g/mol. The van der Waals surface area contributed by atoms with Crippen molar-refractivity contribution < 1.29 is 4.42 Å². The SMILES string of the molecule is Cc1ccc(N(C)CCCCN2CCNCC2)o1. The Morgan fingerprint density at radius 1 is 1.28 bits per heavy atom. The number of unbranched alkanes of at least 4 members (excludes halogenated alkanes) is 1. The number of piperazine rings is 1. The van der Waals surface area contributed by atoms with E-state index in [4.69, 9.17) is 4.42 Å². The van der Waals surface area contributed by atoms with E-state index in [9.17, 15) is 0 Å². The van der Waals surface area contributed by atoms with Crippen LogP contribution in [0.4, 0.5) is 5.88 Å². The molecule has 18 heavy (non-hydrogen) atoms. The first kappa shape index (κ1) is 13.4. The first-order chi connectivity index (χ1) is 8.75. The third kappa shape index (κ3) is 4.03. The second-order valence-corrected chi connectivity index (χ2v) is 5.10. The van der Waals surface area contributed by atoms with Crippen molar-refractivity contribution in [2.75, 3.05) is 51.2 Å². The molecule has 1 fully saturated rings. The molecule has 1 aromatic rings. The molecule has 0 spiro atoms. The van der Waals surface area contributed by atoms with Crippen molar-refractivity contribution in [2.45, 2.75) is 19.8 Å². The number of anilines is 1. The number of nitrogens with zero attached hydrogens (tertiary/aromatic N) is 2. The number of rotatable bonds is 6. The summed E-state index contributed by atoms with van der Waals surface area (Å²) in [5.41, 5.74) is 0. The van der Waals surface area contributed by atoms with Gasteiger partial charge in [0.05, 0.1) is 0 Å². The summed E-state index contributed by atoms with van der Waals surface area (Å²) >= 11 is 0. The van der Waals surface area contributed by atoms with Crippen molar-refractivity contribution >= 4 is 5.88 Å². The summed E-state index contributed by atoms with van der Waals surface area (Å²) in [5, 5.41) is 3.38. The minimum atomic E-state index is 0.981. The maximum Gasteiger partial charge on any atom is 0.195 e. The molecule has 1 saturated heterocycles. The van der Waals surface area contributed by atoms with Crippen molar-refractivity contribution in [2.24, 2.45) is 0 Å². The molecule has 0 amide bonds. The summed E-state index contributed by atoms with van der Waals surface area (Å²) in [5.74, 6) is 1.97. The van der Waals surface area contributed by atoms with E-state index in [-0.39, 0.29) is 0 Å². The first-order valence-corrected chi connectivity index (χ1v) is 6.96. The summed E-state index contributed by atoms with van der Waals surface area (Å²) in [4.78, 5) is 4.75. The lowest BCUT2D eigenvalue weighted by atomic mass is 10.2. The van der Waals surface area contributed by atoms with Gasteiger partial charge in [-0.05, 0) is 32.4 Å². The lowest BCUT2D eigenvalue weighted by Crippen LogP contribution is -2.43. The molecule has 4 nitrogen and oxygen atoms in total. The van der Waals surface area contributed by atoms with Crippen molar-refractivity contribution in [1.29, 1.82) is 0 Å². The van der Waals surface area contributed by atoms with Gasteiger partial charge < -0.3 is 19.5 Å². The van der Waals surface area contributed by atoms with Crippen LogP contribution in [0.3, 0.4) is 0 Å². The van der Waals surface area contributed by atoms with E-state index in [1.807, 2.05) is 19.1 Å². The van der Waals surface area contributed by atoms with Crippen LogP contribution in [0.15, 0.2) is 16.5 Å². The zero-order valence-electron chi connectivity index (χ0n) is 11.6. The molecule has 102 valence electrons. The molecule has 0 saturated carbocycles. The minimum Gasteiger partial charge on any atom is -0.446 e. The molecule has 0 bridgehead atoms. The Balaban J connectivity index is 1.60. The van der Waals surface area contributed by atoms with Gasteiger partial charge >= 0.3 is 0 Å². The van der Waals surface area contributed by atoms with Gasteiger partial charge in [-0.25, -0.2) is 0 Å². The fourth-order valence-electron chi connectivity index (χ4n) is 2.36. The van der Waals surface area contributed by atoms with E-state index in [1.165, 1.54) is 32.5 Å². The summed E-state index contributed by atoms with van der Waals surface area (Å²) in [6.07, 6.45) is 2.49. The van der Waals surface area contributed by atoms with Crippen molar-refractivity contribution in [3.05, 3.63) is 17.9 Å². The average Bonchev–Trinajstić information content (AvgIpc) is 2.82. The fraction of sp³-hybridized carbons (Fsp3) is 0.714. The topological polar surface area (TPSA) is 31.6 Å². The van der Waals surface area contributed by atoms with Crippen LogP contribution in [-0.2, 0) is 0 Å². The second-order valence-electron chi connectivity index (χ2n) is 5.10. The molecule has 0 radical (unpaired) electrons. The van der Waals surface area contributed by atoms with Crippen LogP contribution in [0.5, 0.6) is 0 Å². The largest absolute Gasteiger partial charge is 0.446 e. The van der Waals surface area contributed by atoms with Crippen molar-refractivity contribution in [1.82, 2.24) is 10.2 Å². The van der Waals surface area contributed by atoms with Gasteiger partial charge in [0.1, 0.15) is 5.76 Å². The van der Waals surface area contributed by atoms with Gasteiger partial charge in [-0.15, -0.1) is 0 Å². The molecule has 4 heteroatoms. The summed E-state index contributed by atoms with van der Waals surface area (Å²) in [7, 11) is 2.10. The molecule has 2 heterocycles. The van der Waals surface area contributed by atoms with Gasteiger partial charge in [-0.1, -0.05) is 0 Å². The van der Waals surface area contributed by atoms with Gasteiger partial charge in [0, 0.05) is 45.8 Å². The van der Waals surface area contributed by atoms with Gasteiger partial charge in [-0.2, -0.15) is 0 Å². The third-order valence-corrected chi connectivity index (χ3v) is 3.53. The van der Waals surface area contributed by atoms with Gasteiger partial charge in [0.25, 0.3) is 0 Å². The third-order valence-electron chi connectivity index (χ3n) is 3.53. The quantitative estimate of drug-likeness (QED) is 0.780. The van der Waals surface area contributed by atoms with Crippen LogP contribution < -0.4 is 10.2 Å². The number of hydrogen-bond donors (Lipinski definition) is 1. The normalized spacial score (nSPS) is 17.0. The Hall–Kier alpha value is -1.00. The van der Waals surface area contributed by atoms with Crippen LogP contribution in [0.25, 0.3) is 0 Å². The molecule has 0 aromatic carbocycles. The molecule has 1 aromatic heterocycles. The van der Waals surface area contributed by atoms with E-state index in [1.54, 1.807) is 0 Å². The van der Waals surface area contributed by atoms with Crippen LogP contribution in [0, 0.1) is 6.92 Å². The Kier molecular flexibility index (Phi) is 5.08. The van der Waals surface area contributed by atoms with Gasteiger partial charge in [0.15, 0.2) is 5.88 Å². The molecular formula is C14H25N3O. The highest BCUT2D eigenvalue weighted by Gasteiger charge is 2.09. The summed E-state index contributed by atoms with van der Waals surface area (Å²) in [6, 6.07) is 4.07. The smallest absolute Gasteiger partial charge is 0.195 e. The second kappa shape index (κ2) is 6.81. The standard InChI is InChI=1S/C14H25N3O/c1-13-5-6-14(18-13)16(2)9-3-4-10-17-11-7-15-8-12-17/h5-6,15H,3-4,7-12H2,1-2H3. The highest BCUT2D eigenvalue weighted by atomic mass is 16.4. The molecule has 2 rings (SSSR count). The number of nitrogens with one attached hydrogen (secondary N) is 1. The maximum atomic E-state index is 5.60. The van der Waals surface area contributed by atoms with E-state index in [0.717, 1.165) is 31.3 Å². The zero-order valence-corrected chi connectivity index (χ0v) is 11.6. The molecule has 0 atom stereocenters. The van der Waals surface area contributed by atoms with Crippen LogP contribution in [0.1, 0.15) is 18.6 Å². The summed E-state index contributed by atoms with van der Waals surface area (Å²) in [6.45, 7) is 8.98. The lowest BCUT2D eigenvalue weighted by Gasteiger charge is -2.27. The number of hydrogen-bond acceptors (Lipinski definition) is 4. The minimum absolute atomic E-state index is 0.981. The van der Waals surface area contributed by atoms with Crippen molar-refractivity contribution in [3.63, 3.8) is 0 Å². The lowest BCUT2D eigenvalue weighted by molar-refractivity contribution is 0.237. The molecule has 0 unspecified atom stereocenters. The van der Waals surface area contributed by atoms with E-state index < -0.39 is 0 Å². The van der Waals surface area contributed by atoms with Gasteiger partial charge in [0.2, 0.25) is 0 Å². The number of furan rings is 1. The first-order valence-electron chi connectivity index (χ1n) is 6.96. The molecular weight excluding hydrogens is 226 g/mol. The Morgan fingerprint density at radius 2 is 2.06 bits per heavy atom. The van der Waals surface area contributed by atoms with Crippen LogP contribution in [0.2, 0.25) is 0 Å². The Labute approximate surface area is 110 Å². The molecule has 0 aliphatic carbocycles. The maximum absolute atomic E-state index is 5.60. The molecule has 1 aliphatic rings. The predicted molar refractivity (Wildman–Crippen MR) is 75.3 cm³/mol. The predicted octanol–water partition coefficient (Wildman–Crippen LogP) is 1.71. The van der Waals surface area contributed by atoms with E-state index >= 15 is 0 Å².